The lowest BCUT2D eigenvalue weighted by Crippen LogP contribution is -2.25. The summed E-state index contributed by atoms with van der Waals surface area (Å²) in [7, 11) is 3.43. The van der Waals surface area contributed by atoms with Crippen LogP contribution < -0.4 is 10.1 Å². The van der Waals surface area contributed by atoms with Gasteiger partial charge in [-0.25, -0.2) is 0 Å². The molecular formula is C14H22N2O4. The standard InChI is InChI=1S/C14H22N2O4/c1-14(2,19-4)7-8-20-13-6-5-11(10-15-3)9-12(13)16(17)18/h5-6,9,15H,7-8,10H2,1-4H3. The largest absolute Gasteiger partial charge is 0.487 e. The second kappa shape index (κ2) is 7.21. The SMILES string of the molecule is CNCc1ccc(OCCC(C)(C)OC)c([N+](=O)[O-])c1. The van der Waals surface area contributed by atoms with Gasteiger partial charge in [-0.05, 0) is 32.5 Å². The Balaban J connectivity index is 2.76. The topological polar surface area (TPSA) is 73.6 Å². The van der Waals surface area contributed by atoms with Gasteiger partial charge in [0.25, 0.3) is 0 Å². The van der Waals surface area contributed by atoms with Crippen LogP contribution in [0, 0.1) is 10.1 Å². The summed E-state index contributed by atoms with van der Waals surface area (Å²) >= 11 is 0. The Morgan fingerprint density at radius 2 is 2.10 bits per heavy atom. The van der Waals surface area contributed by atoms with E-state index in [-0.39, 0.29) is 11.3 Å². The van der Waals surface area contributed by atoms with Gasteiger partial charge in [-0.2, -0.15) is 0 Å². The summed E-state index contributed by atoms with van der Waals surface area (Å²) in [6.45, 7) is 4.84. The molecule has 0 saturated carbocycles. The first-order chi connectivity index (χ1) is 9.39. The molecule has 1 aromatic carbocycles. The number of methoxy groups -OCH3 is 1. The first kappa shape index (κ1) is 16.4. The average molecular weight is 282 g/mol. The second-order valence-electron chi connectivity index (χ2n) is 5.15. The lowest BCUT2D eigenvalue weighted by Gasteiger charge is -2.22. The number of nitrogens with zero attached hydrogens (tertiary/aromatic N) is 1. The maximum absolute atomic E-state index is 11.1. The minimum Gasteiger partial charge on any atom is -0.487 e. The van der Waals surface area contributed by atoms with Crippen molar-refractivity contribution in [2.45, 2.75) is 32.4 Å². The van der Waals surface area contributed by atoms with E-state index in [1.165, 1.54) is 6.07 Å². The number of hydrogen-bond donors (Lipinski definition) is 1. The van der Waals surface area contributed by atoms with Crippen LogP contribution in [0.5, 0.6) is 5.75 Å². The quantitative estimate of drug-likeness (QED) is 0.586. The molecule has 0 aliphatic heterocycles. The Bertz CT molecular complexity index is 460. The lowest BCUT2D eigenvalue weighted by molar-refractivity contribution is -0.386. The highest BCUT2D eigenvalue weighted by atomic mass is 16.6. The summed E-state index contributed by atoms with van der Waals surface area (Å²) in [5.41, 5.74) is 0.539. The first-order valence-corrected chi connectivity index (χ1v) is 6.49. The number of ether oxygens (including phenoxy) is 2. The van der Waals surface area contributed by atoms with Crippen LogP contribution in [0.1, 0.15) is 25.8 Å². The zero-order valence-corrected chi connectivity index (χ0v) is 12.4. The molecule has 6 heteroatoms. The fraction of sp³-hybridized carbons (Fsp3) is 0.571. The van der Waals surface area contributed by atoms with E-state index < -0.39 is 4.92 Å². The number of rotatable bonds is 8. The Labute approximate surface area is 119 Å². The maximum Gasteiger partial charge on any atom is 0.311 e. The molecule has 0 amide bonds. The van der Waals surface area contributed by atoms with Crippen LogP contribution in [-0.4, -0.2) is 31.3 Å². The minimum absolute atomic E-state index is 0.00651. The van der Waals surface area contributed by atoms with Gasteiger partial charge < -0.3 is 14.8 Å². The van der Waals surface area contributed by atoms with Gasteiger partial charge in [0, 0.05) is 26.1 Å². The van der Waals surface area contributed by atoms with E-state index in [1.54, 1.807) is 20.2 Å². The van der Waals surface area contributed by atoms with Gasteiger partial charge in [0.15, 0.2) is 5.75 Å². The fourth-order valence-corrected chi connectivity index (χ4v) is 1.65. The van der Waals surface area contributed by atoms with E-state index in [4.69, 9.17) is 9.47 Å². The molecule has 0 aliphatic rings. The Morgan fingerprint density at radius 1 is 1.40 bits per heavy atom. The minimum atomic E-state index is -0.421. The zero-order chi connectivity index (χ0) is 15.2. The van der Waals surface area contributed by atoms with Gasteiger partial charge in [0.1, 0.15) is 0 Å². The monoisotopic (exact) mass is 282 g/mol. The van der Waals surface area contributed by atoms with E-state index in [0.717, 1.165) is 5.56 Å². The molecule has 20 heavy (non-hydrogen) atoms. The highest BCUT2D eigenvalue weighted by Crippen LogP contribution is 2.28. The van der Waals surface area contributed by atoms with Crippen LogP contribution >= 0.6 is 0 Å². The molecule has 0 radical (unpaired) electrons. The molecule has 0 fully saturated rings. The van der Waals surface area contributed by atoms with Crippen LogP contribution in [0.25, 0.3) is 0 Å². The van der Waals surface area contributed by atoms with E-state index in [1.807, 2.05) is 19.9 Å². The molecule has 0 atom stereocenters. The normalized spacial score (nSPS) is 11.4. The third-order valence-electron chi connectivity index (χ3n) is 3.12. The molecule has 112 valence electrons. The van der Waals surface area contributed by atoms with E-state index in [0.29, 0.717) is 25.3 Å². The van der Waals surface area contributed by atoms with Gasteiger partial charge >= 0.3 is 5.69 Å². The van der Waals surface area contributed by atoms with Gasteiger partial charge in [0.2, 0.25) is 0 Å². The van der Waals surface area contributed by atoms with E-state index >= 15 is 0 Å². The predicted molar refractivity (Wildman–Crippen MR) is 77.1 cm³/mol. The zero-order valence-electron chi connectivity index (χ0n) is 12.4. The smallest absolute Gasteiger partial charge is 0.311 e. The molecule has 6 nitrogen and oxygen atoms in total. The maximum atomic E-state index is 11.1. The number of hydrogen-bond acceptors (Lipinski definition) is 5. The number of nitrogens with one attached hydrogen (secondary N) is 1. The summed E-state index contributed by atoms with van der Waals surface area (Å²) in [4.78, 5) is 10.7. The summed E-state index contributed by atoms with van der Waals surface area (Å²) in [6, 6.07) is 5.00. The molecule has 0 bridgehead atoms. The van der Waals surface area contributed by atoms with E-state index in [9.17, 15) is 10.1 Å². The predicted octanol–water partition coefficient (Wildman–Crippen LogP) is 2.51. The lowest BCUT2D eigenvalue weighted by atomic mass is 10.1. The van der Waals surface area contributed by atoms with Crippen molar-refractivity contribution in [3.63, 3.8) is 0 Å². The van der Waals surface area contributed by atoms with Crippen molar-refractivity contribution in [2.24, 2.45) is 0 Å². The molecular weight excluding hydrogens is 260 g/mol. The van der Waals surface area contributed by atoms with Crippen LogP contribution in [-0.2, 0) is 11.3 Å². The molecule has 0 aromatic heterocycles. The van der Waals surface area contributed by atoms with Gasteiger partial charge in [-0.15, -0.1) is 0 Å². The Kier molecular flexibility index (Phi) is 5.91. The number of nitro groups is 1. The van der Waals surface area contributed by atoms with Crippen LogP contribution in [0.4, 0.5) is 5.69 Å². The van der Waals surface area contributed by atoms with Crippen molar-refractivity contribution >= 4 is 5.69 Å². The van der Waals surface area contributed by atoms with Gasteiger partial charge in [0.05, 0.1) is 17.1 Å². The first-order valence-electron chi connectivity index (χ1n) is 6.49. The molecule has 1 rings (SSSR count). The number of nitro benzene ring substituents is 1. The van der Waals surface area contributed by atoms with E-state index in [2.05, 4.69) is 5.32 Å². The van der Waals surface area contributed by atoms with Crippen LogP contribution in [0.3, 0.4) is 0 Å². The van der Waals surface area contributed by atoms with Gasteiger partial charge in [-0.1, -0.05) is 6.07 Å². The van der Waals surface area contributed by atoms with Crippen LogP contribution in [0.2, 0.25) is 0 Å². The molecule has 0 heterocycles. The second-order valence-corrected chi connectivity index (χ2v) is 5.15. The van der Waals surface area contributed by atoms with Crippen molar-refractivity contribution in [1.29, 1.82) is 0 Å². The number of benzene rings is 1. The fourth-order valence-electron chi connectivity index (χ4n) is 1.65. The highest BCUT2D eigenvalue weighted by Gasteiger charge is 2.19. The van der Waals surface area contributed by atoms with Crippen molar-refractivity contribution in [3.05, 3.63) is 33.9 Å². The van der Waals surface area contributed by atoms with Crippen molar-refractivity contribution < 1.29 is 14.4 Å². The van der Waals surface area contributed by atoms with Crippen molar-refractivity contribution in [3.8, 4) is 5.75 Å². The molecule has 0 saturated heterocycles. The summed E-state index contributed by atoms with van der Waals surface area (Å²) in [5, 5.41) is 14.0. The van der Waals surface area contributed by atoms with Crippen LogP contribution in [0.15, 0.2) is 18.2 Å². The molecule has 1 aromatic rings. The molecule has 0 unspecified atom stereocenters. The summed E-state index contributed by atoms with van der Waals surface area (Å²) in [5.74, 6) is 0.293. The Morgan fingerprint density at radius 3 is 2.65 bits per heavy atom. The molecule has 0 spiro atoms. The Hall–Kier alpha value is -1.66. The third-order valence-corrected chi connectivity index (χ3v) is 3.12. The summed E-state index contributed by atoms with van der Waals surface area (Å²) < 4.78 is 10.8. The average Bonchev–Trinajstić information content (AvgIpc) is 2.40. The summed E-state index contributed by atoms with van der Waals surface area (Å²) in [6.07, 6.45) is 0.652. The third kappa shape index (κ3) is 4.79. The molecule has 0 aliphatic carbocycles. The van der Waals surface area contributed by atoms with Crippen molar-refractivity contribution in [2.75, 3.05) is 20.8 Å². The highest BCUT2D eigenvalue weighted by molar-refractivity contribution is 5.48. The van der Waals surface area contributed by atoms with Crippen molar-refractivity contribution in [1.82, 2.24) is 5.32 Å². The van der Waals surface area contributed by atoms with Gasteiger partial charge in [-0.3, -0.25) is 10.1 Å². The molecule has 1 N–H and O–H groups in total.